The average molecular weight is 660 g/mol. The van der Waals surface area contributed by atoms with Crippen molar-refractivity contribution >= 4 is 48.8 Å². The van der Waals surface area contributed by atoms with Crippen molar-refractivity contribution in [3.63, 3.8) is 0 Å². The van der Waals surface area contributed by atoms with Crippen molar-refractivity contribution in [3.8, 4) is 11.1 Å². The first-order valence-corrected chi connectivity index (χ1v) is 17.6. The summed E-state index contributed by atoms with van der Waals surface area (Å²) in [4.78, 5) is 2.14. The van der Waals surface area contributed by atoms with E-state index in [2.05, 4.69) is 233 Å². The Morgan fingerprint density at radius 1 is 0.333 bits per heavy atom. The summed E-state index contributed by atoms with van der Waals surface area (Å²) in [6.45, 7) is 4.26. The maximum absolute atomic E-state index is 2.20. The van der Waals surface area contributed by atoms with Gasteiger partial charge in [0, 0.05) is 25.2 Å². The van der Waals surface area contributed by atoms with Crippen molar-refractivity contribution in [1.29, 1.82) is 0 Å². The monoisotopic (exact) mass is 659 g/mol. The van der Waals surface area contributed by atoms with Gasteiger partial charge in [-0.3, -0.25) is 0 Å². The minimum Gasteiger partial charge on any atom is -0.377 e. The van der Waals surface area contributed by atoms with Gasteiger partial charge in [-0.2, -0.15) is 0 Å². The fraction of sp³-hybridized carbons (Fsp3) is 0.0800. The Morgan fingerprint density at radius 3 is 1.45 bits per heavy atom. The first kappa shape index (κ1) is 34.7. The molecular weight excluding hydrogens is 615 g/mol. The van der Waals surface area contributed by atoms with E-state index < -0.39 is 0 Å². The van der Waals surface area contributed by atoms with Gasteiger partial charge < -0.3 is 4.90 Å². The van der Waals surface area contributed by atoms with Gasteiger partial charge in [0.15, 0.2) is 0 Å². The molecule has 0 N–H and O–H groups in total. The van der Waals surface area contributed by atoms with Crippen LogP contribution in [-0.4, -0.2) is 14.1 Å². The second-order valence-electron chi connectivity index (χ2n) is 12.9. The first-order chi connectivity index (χ1) is 25.0. The lowest BCUT2D eigenvalue weighted by Gasteiger charge is -2.14. The molecule has 9 aromatic rings. The lowest BCUT2D eigenvalue weighted by molar-refractivity contribution is 1.14. The fourth-order valence-corrected chi connectivity index (χ4v) is 6.39. The molecule has 250 valence electrons. The Hall–Kier alpha value is -6.18. The summed E-state index contributed by atoms with van der Waals surface area (Å²) >= 11 is 0. The standard InChI is InChI=1S/C16H12.C12H13N.2C11H10/c1-2-7-13(8-3-1)16-12-6-10-14-9-4-5-11-15(14)16;1-13(2)12-9-5-7-10-6-3-4-8-11(10)12;1-9-5-4-7-10-6-2-3-8-11(9)10;1-9-6-7-10-4-2-3-5-11(10)8-9/h1-12H;3-9H,1-2H3;2*2-8H,1H3. The van der Waals surface area contributed by atoms with E-state index in [1.165, 1.54) is 71.0 Å². The summed E-state index contributed by atoms with van der Waals surface area (Å²) in [7, 11) is 4.14. The zero-order chi connectivity index (χ0) is 35.4. The van der Waals surface area contributed by atoms with E-state index in [4.69, 9.17) is 0 Å². The number of benzene rings is 9. The van der Waals surface area contributed by atoms with Crippen LogP contribution in [0.4, 0.5) is 5.69 Å². The van der Waals surface area contributed by atoms with Crippen LogP contribution in [0.15, 0.2) is 200 Å². The maximum Gasteiger partial charge on any atom is 0.0440 e. The van der Waals surface area contributed by atoms with Gasteiger partial charge in [-0.05, 0) is 74.3 Å². The molecule has 0 fully saturated rings. The molecular formula is C50H45N. The highest BCUT2D eigenvalue weighted by molar-refractivity contribution is 5.96. The molecule has 51 heavy (non-hydrogen) atoms. The topological polar surface area (TPSA) is 3.24 Å². The van der Waals surface area contributed by atoms with Gasteiger partial charge in [0.05, 0.1) is 0 Å². The van der Waals surface area contributed by atoms with Gasteiger partial charge in [-0.15, -0.1) is 0 Å². The van der Waals surface area contributed by atoms with Crippen LogP contribution in [0.5, 0.6) is 0 Å². The normalized spacial score (nSPS) is 10.4. The van der Waals surface area contributed by atoms with E-state index in [-0.39, 0.29) is 0 Å². The molecule has 0 radical (unpaired) electrons. The number of rotatable bonds is 2. The van der Waals surface area contributed by atoms with Crippen LogP contribution in [0.2, 0.25) is 0 Å². The average Bonchev–Trinajstić information content (AvgIpc) is 3.19. The highest BCUT2D eigenvalue weighted by atomic mass is 15.1. The van der Waals surface area contributed by atoms with Gasteiger partial charge in [-0.25, -0.2) is 0 Å². The van der Waals surface area contributed by atoms with E-state index in [9.17, 15) is 0 Å². The molecule has 0 spiro atoms. The molecule has 9 rings (SSSR count). The van der Waals surface area contributed by atoms with E-state index in [0.717, 1.165) is 0 Å². The molecule has 0 bridgehead atoms. The number of hydrogen-bond acceptors (Lipinski definition) is 1. The number of hydrogen-bond donors (Lipinski definition) is 0. The molecule has 0 heterocycles. The van der Waals surface area contributed by atoms with Gasteiger partial charge >= 0.3 is 0 Å². The van der Waals surface area contributed by atoms with Crippen molar-refractivity contribution in [1.82, 2.24) is 0 Å². The largest absolute Gasteiger partial charge is 0.377 e. The molecule has 0 aromatic heterocycles. The molecule has 0 saturated heterocycles. The van der Waals surface area contributed by atoms with Gasteiger partial charge in [0.2, 0.25) is 0 Å². The molecule has 9 aromatic carbocycles. The van der Waals surface area contributed by atoms with Gasteiger partial charge in [0.1, 0.15) is 0 Å². The van der Waals surface area contributed by atoms with Crippen LogP contribution in [0, 0.1) is 13.8 Å². The molecule has 0 aliphatic carbocycles. The summed E-state index contributed by atoms with van der Waals surface area (Å²) in [5, 5.41) is 10.6. The Bertz CT molecular complexity index is 2450. The van der Waals surface area contributed by atoms with Crippen LogP contribution in [-0.2, 0) is 0 Å². The third-order valence-corrected chi connectivity index (χ3v) is 9.04. The number of anilines is 1. The molecule has 0 atom stereocenters. The van der Waals surface area contributed by atoms with Gasteiger partial charge in [-0.1, -0.05) is 200 Å². The summed E-state index contributed by atoms with van der Waals surface area (Å²) in [5.41, 5.74) is 6.53. The summed E-state index contributed by atoms with van der Waals surface area (Å²) < 4.78 is 0. The second-order valence-corrected chi connectivity index (χ2v) is 12.9. The summed E-state index contributed by atoms with van der Waals surface area (Å²) in [6, 6.07) is 70.0. The third-order valence-electron chi connectivity index (χ3n) is 9.04. The molecule has 1 nitrogen and oxygen atoms in total. The molecule has 0 aliphatic heterocycles. The highest BCUT2D eigenvalue weighted by Gasteiger charge is 2.02. The van der Waals surface area contributed by atoms with Crippen molar-refractivity contribution in [2.24, 2.45) is 0 Å². The maximum atomic E-state index is 2.20. The Balaban J connectivity index is 0.000000119. The van der Waals surface area contributed by atoms with Crippen molar-refractivity contribution in [3.05, 3.63) is 211 Å². The number of nitrogens with zero attached hydrogens (tertiary/aromatic N) is 1. The fourth-order valence-electron chi connectivity index (χ4n) is 6.39. The van der Waals surface area contributed by atoms with Crippen LogP contribution in [0.25, 0.3) is 54.2 Å². The lowest BCUT2D eigenvalue weighted by atomic mass is 9.98. The molecule has 0 saturated carbocycles. The molecule has 0 unspecified atom stereocenters. The molecule has 0 amide bonds. The molecule has 1 heteroatoms. The predicted molar refractivity (Wildman–Crippen MR) is 225 cm³/mol. The second kappa shape index (κ2) is 17.0. The smallest absolute Gasteiger partial charge is 0.0440 e. The van der Waals surface area contributed by atoms with Crippen LogP contribution >= 0.6 is 0 Å². The Morgan fingerprint density at radius 2 is 0.804 bits per heavy atom. The zero-order valence-electron chi connectivity index (χ0n) is 30.0. The van der Waals surface area contributed by atoms with Crippen LogP contribution in [0.1, 0.15) is 11.1 Å². The minimum absolute atomic E-state index is 1.28. The highest BCUT2D eigenvalue weighted by Crippen LogP contribution is 2.28. The predicted octanol–water partition coefficient (Wildman–Crippen LogP) is 13.7. The summed E-state index contributed by atoms with van der Waals surface area (Å²) in [6.07, 6.45) is 0. The van der Waals surface area contributed by atoms with Crippen molar-refractivity contribution in [2.75, 3.05) is 19.0 Å². The first-order valence-electron chi connectivity index (χ1n) is 17.6. The Kier molecular flexibility index (Phi) is 11.5. The number of aryl methyl sites for hydroxylation is 2. The third kappa shape index (κ3) is 8.90. The van der Waals surface area contributed by atoms with E-state index >= 15 is 0 Å². The van der Waals surface area contributed by atoms with Crippen LogP contribution in [0.3, 0.4) is 0 Å². The van der Waals surface area contributed by atoms with Crippen LogP contribution < -0.4 is 4.90 Å². The van der Waals surface area contributed by atoms with E-state index in [0.29, 0.717) is 0 Å². The van der Waals surface area contributed by atoms with Crippen molar-refractivity contribution in [2.45, 2.75) is 13.8 Å². The molecule has 0 aliphatic rings. The van der Waals surface area contributed by atoms with Crippen molar-refractivity contribution < 1.29 is 0 Å². The van der Waals surface area contributed by atoms with E-state index in [1.807, 2.05) is 0 Å². The van der Waals surface area contributed by atoms with Gasteiger partial charge in [0.25, 0.3) is 0 Å². The lowest BCUT2D eigenvalue weighted by Crippen LogP contribution is -2.08. The SMILES string of the molecule is CN(C)c1cccc2ccccc12.Cc1ccc2ccccc2c1.Cc1cccc2ccccc12.c1ccc(-c2cccc3ccccc23)cc1. The quantitative estimate of drug-likeness (QED) is 0.178. The minimum atomic E-state index is 1.28. The zero-order valence-corrected chi connectivity index (χ0v) is 30.0. The Labute approximate surface area is 303 Å². The number of fused-ring (bicyclic) bond motifs is 4. The van der Waals surface area contributed by atoms with E-state index in [1.54, 1.807) is 0 Å². The summed E-state index contributed by atoms with van der Waals surface area (Å²) in [5.74, 6) is 0.